The van der Waals surface area contributed by atoms with Crippen molar-refractivity contribution in [2.75, 3.05) is 19.7 Å². The van der Waals surface area contributed by atoms with Crippen LogP contribution in [0.2, 0.25) is 0 Å². The molecule has 0 fully saturated rings. The minimum absolute atomic E-state index is 0.0819. The van der Waals surface area contributed by atoms with Crippen LogP contribution in [-0.4, -0.2) is 43.6 Å². The van der Waals surface area contributed by atoms with Crippen LogP contribution < -0.4 is 0 Å². The van der Waals surface area contributed by atoms with Gasteiger partial charge in [-0.25, -0.2) is 8.42 Å². The highest BCUT2D eigenvalue weighted by atomic mass is 32.2. The lowest BCUT2D eigenvalue weighted by Gasteiger charge is -2.28. The molecule has 8 heteroatoms. The van der Waals surface area contributed by atoms with Crippen LogP contribution >= 0.6 is 0 Å². The summed E-state index contributed by atoms with van der Waals surface area (Å²) >= 11 is 0. The summed E-state index contributed by atoms with van der Waals surface area (Å²) in [7, 11) is -5.40. The normalized spacial score (nSPS) is 12.9. The first-order valence-corrected chi connectivity index (χ1v) is 12.4. The smallest absolute Gasteiger partial charge is 0.396 e. The molecule has 0 aliphatic rings. The van der Waals surface area contributed by atoms with Gasteiger partial charge in [0.1, 0.15) is 0 Å². The fraction of sp³-hybridized carbons (Fsp3) is 0.360. The first-order valence-electron chi connectivity index (χ1n) is 10.9. The van der Waals surface area contributed by atoms with E-state index in [9.17, 15) is 21.6 Å². The average Bonchev–Trinajstić information content (AvgIpc) is 2.79. The Morgan fingerprint density at radius 3 is 2.18 bits per heavy atom. The van der Waals surface area contributed by atoms with E-state index in [1.807, 2.05) is 48.6 Å². The quantitative estimate of drug-likeness (QED) is 0.303. The van der Waals surface area contributed by atoms with Crippen molar-refractivity contribution in [2.24, 2.45) is 0 Å². The Kier molecular flexibility index (Phi) is 10.2. The van der Waals surface area contributed by atoms with Crippen molar-refractivity contribution in [3.63, 3.8) is 0 Å². The molecular formula is C25H30F3NO3S. The zero-order chi connectivity index (χ0) is 24.3. The van der Waals surface area contributed by atoms with Gasteiger partial charge in [-0.2, -0.15) is 13.2 Å². The van der Waals surface area contributed by atoms with Gasteiger partial charge in [-0.1, -0.05) is 68.0 Å². The lowest BCUT2D eigenvalue weighted by molar-refractivity contribution is -0.0436. The molecule has 33 heavy (non-hydrogen) atoms. The van der Waals surface area contributed by atoms with Gasteiger partial charge in [0.15, 0.2) is 0 Å². The molecule has 0 amide bonds. The number of aliphatic hydroxyl groups excluding tert-OH is 1. The summed E-state index contributed by atoms with van der Waals surface area (Å²) in [5.74, 6) is 0. The number of hydrogen-bond donors (Lipinski definition) is 1. The van der Waals surface area contributed by atoms with Crippen LogP contribution in [0.1, 0.15) is 43.7 Å². The molecule has 0 aliphatic carbocycles. The van der Waals surface area contributed by atoms with E-state index in [0.29, 0.717) is 18.5 Å². The SMILES string of the molecule is CCCCN(CCCCO)C(=CC=Cc1ccccc1)c1ccc(S(=O)(=O)C(F)(F)F)cc1. The van der Waals surface area contributed by atoms with Crippen molar-refractivity contribution in [1.82, 2.24) is 4.90 Å². The molecule has 0 aliphatic heterocycles. The van der Waals surface area contributed by atoms with Gasteiger partial charge < -0.3 is 10.0 Å². The van der Waals surface area contributed by atoms with E-state index >= 15 is 0 Å². The maximum absolute atomic E-state index is 12.9. The van der Waals surface area contributed by atoms with Gasteiger partial charge in [0.2, 0.25) is 0 Å². The summed E-state index contributed by atoms with van der Waals surface area (Å²) in [5.41, 5.74) is -2.94. The lowest BCUT2D eigenvalue weighted by atomic mass is 10.1. The summed E-state index contributed by atoms with van der Waals surface area (Å²) in [6.07, 6.45) is 8.95. The molecule has 0 heterocycles. The van der Waals surface area contributed by atoms with Crippen LogP contribution in [-0.2, 0) is 9.84 Å². The molecular weight excluding hydrogens is 451 g/mol. The second kappa shape index (κ2) is 12.6. The molecule has 0 aromatic heterocycles. The van der Waals surface area contributed by atoms with Crippen molar-refractivity contribution >= 4 is 21.6 Å². The molecule has 0 saturated carbocycles. The van der Waals surface area contributed by atoms with E-state index in [4.69, 9.17) is 5.11 Å². The van der Waals surface area contributed by atoms with E-state index in [0.717, 1.165) is 49.2 Å². The third kappa shape index (κ3) is 7.75. The van der Waals surface area contributed by atoms with Gasteiger partial charge in [0, 0.05) is 25.4 Å². The maximum Gasteiger partial charge on any atom is 0.501 e. The highest BCUT2D eigenvalue weighted by Crippen LogP contribution is 2.31. The van der Waals surface area contributed by atoms with Gasteiger partial charge in [-0.15, -0.1) is 0 Å². The number of hydrogen-bond acceptors (Lipinski definition) is 4. The fourth-order valence-electron chi connectivity index (χ4n) is 3.25. The Bertz CT molecular complexity index is 1020. The van der Waals surface area contributed by atoms with Crippen LogP contribution in [0.4, 0.5) is 13.2 Å². The Balaban J connectivity index is 2.43. The third-order valence-electron chi connectivity index (χ3n) is 5.07. The zero-order valence-corrected chi connectivity index (χ0v) is 19.4. The molecule has 0 saturated heterocycles. The molecule has 0 bridgehead atoms. The second-order valence-corrected chi connectivity index (χ2v) is 9.51. The van der Waals surface area contributed by atoms with Crippen molar-refractivity contribution in [2.45, 2.75) is 43.0 Å². The molecule has 2 aromatic carbocycles. The number of sulfone groups is 1. The molecule has 0 radical (unpaired) electrons. The molecule has 4 nitrogen and oxygen atoms in total. The van der Waals surface area contributed by atoms with E-state index < -0.39 is 20.2 Å². The van der Waals surface area contributed by atoms with E-state index in [-0.39, 0.29) is 6.61 Å². The molecule has 0 atom stereocenters. The van der Waals surface area contributed by atoms with Crippen LogP contribution in [0.25, 0.3) is 11.8 Å². The summed E-state index contributed by atoms with van der Waals surface area (Å²) < 4.78 is 62.2. The Morgan fingerprint density at radius 1 is 0.970 bits per heavy atom. The lowest BCUT2D eigenvalue weighted by Crippen LogP contribution is -2.25. The van der Waals surface area contributed by atoms with Crippen molar-refractivity contribution in [1.29, 1.82) is 0 Å². The minimum atomic E-state index is -5.40. The van der Waals surface area contributed by atoms with Crippen molar-refractivity contribution in [3.05, 3.63) is 77.9 Å². The standard InChI is InChI=1S/C25H30F3NO3S/c1-2-3-18-29(19-7-8-20-30)24(13-9-12-21-10-5-4-6-11-21)22-14-16-23(17-15-22)33(31,32)25(26,27)28/h4-6,9-17,30H,2-3,7-8,18-20H2,1H3. The van der Waals surface area contributed by atoms with E-state index in [2.05, 4.69) is 11.8 Å². The highest BCUT2D eigenvalue weighted by Gasteiger charge is 2.46. The van der Waals surface area contributed by atoms with Gasteiger partial charge in [-0.05, 0) is 48.6 Å². The molecule has 0 spiro atoms. The van der Waals surface area contributed by atoms with E-state index in [1.54, 1.807) is 0 Å². The highest BCUT2D eigenvalue weighted by molar-refractivity contribution is 7.92. The second-order valence-electron chi connectivity index (χ2n) is 7.57. The third-order valence-corrected chi connectivity index (χ3v) is 6.57. The number of aliphatic hydroxyl groups is 1. The van der Waals surface area contributed by atoms with Crippen molar-refractivity contribution in [3.8, 4) is 0 Å². The Morgan fingerprint density at radius 2 is 1.61 bits per heavy atom. The molecule has 180 valence electrons. The van der Waals surface area contributed by atoms with Crippen LogP contribution in [0.5, 0.6) is 0 Å². The van der Waals surface area contributed by atoms with Crippen LogP contribution in [0, 0.1) is 0 Å². The maximum atomic E-state index is 12.9. The summed E-state index contributed by atoms with van der Waals surface area (Å²) in [4.78, 5) is 1.35. The number of allylic oxidation sites excluding steroid dienone is 2. The number of benzene rings is 2. The predicted octanol–water partition coefficient (Wildman–Crippen LogP) is 5.91. The van der Waals surface area contributed by atoms with E-state index in [1.165, 1.54) is 12.1 Å². The minimum Gasteiger partial charge on any atom is -0.396 e. The average molecular weight is 482 g/mol. The largest absolute Gasteiger partial charge is 0.501 e. The number of unbranched alkanes of at least 4 members (excludes halogenated alkanes) is 2. The van der Waals surface area contributed by atoms with Crippen LogP contribution in [0.15, 0.2) is 71.6 Å². The first kappa shape index (κ1) is 26.7. The van der Waals surface area contributed by atoms with Gasteiger partial charge >= 0.3 is 5.51 Å². The Labute approximate surface area is 194 Å². The Hall–Kier alpha value is -2.58. The monoisotopic (exact) mass is 481 g/mol. The summed E-state index contributed by atoms with van der Waals surface area (Å²) in [6.45, 7) is 3.55. The number of halogens is 3. The van der Waals surface area contributed by atoms with Gasteiger partial charge in [-0.3, -0.25) is 0 Å². The molecule has 1 N–H and O–H groups in total. The summed E-state index contributed by atoms with van der Waals surface area (Å²) in [6, 6.07) is 14.5. The number of rotatable bonds is 12. The van der Waals surface area contributed by atoms with Gasteiger partial charge in [0.25, 0.3) is 9.84 Å². The number of nitrogens with zero attached hydrogens (tertiary/aromatic N) is 1. The fourth-order valence-corrected chi connectivity index (χ4v) is 4.02. The number of alkyl halides is 3. The van der Waals surface area contributed by atoms with Crippen LogP contribution in [0.3, 0.4) is 0 Å². The zero-order valence-electron chi connectivity index (χ0n) is 18.6. The first-order chi connectivity index (χ1) is 15.7. The van der Waals surface area contributed by atoms with Gasteiger partial charge in [0.05, 0.1) is 4.90 Å². The topological polar surface area (TPSA) is 57.6 Å². The molecule has 0 unspecified atom stereocenters. The molecule has 2 aromatic rings. The summed E-state index contributed by atoms with van der Waals surface area (Å²) in [5, 5.41) is 9.16. The van der Waals surface area contributed by atoms with Crippen molar-refractivity contribution < 1.29 is 26.7 Å². The predicted molar refractivity (Wildman–Crippen MR) is 126 cm³/mol. The molecule has 2 rings (SSSR count).